The van der Waals surface area contributed by atoms with Gasteiger partial charge in [0.25, 0.3) is 0 Å². The van der Waals surface area contributed by atoms with Crippen LogP contribution < -0.4 is 5.32 Å². The maximum absolute atomic E-state index is 12.1. The zero-order valence-corrected chi connectivity index (χ0v) is 24.7. The molecule has 1 amide bonds. The van der Waals surface area contributed by atoms with Gasteiger partial charge < -0.3 is 19.3 Å². The number of aliphatic hydroxyl groups excluding tert-OH is 1. The summed E-state index contributed by atoms with van der Waals surface area (Å²) in [5, 5.41) is 12.8. The molecule has 0 aromatic heterocycles. The molecule has 0 aromatic carbocycles. The number of carbonyl (C=O) groups excluding carboxylic acids is 2. The number of ether oxygens (including phenoxy) is 1. The van der Waals surface area contributed by atoms with Gasteiger partial charge in [-0.3, -0.25) is 9.59 Å². The van der Waals surface area contributed by atoms with Crippen LogP contribution in [-0.2, 0) is 18.4 Å². The maximum atomic E-state index is 12.1. The van der Waals surface area contributed by atoms with Crippen LogP contribution in [0.2, 0.25) is 64.0 Å². The average molecular weight is 502 g/mol. The highest BCUT2D eigenvalue weighted by atomic mass is 28.4. The molecule has 0 radical (unpaired) electrons. The highest BCUT2D eigenvalue weighted by molar-refractivity contribution is 6.86. The molecule has 1 aliphatic carbocycles. The van der Waals surface area contributed by atoms with E-state index in [9.17, 15) is 14.7 Å². The van der Waals surface area contributed by atoms with Gasteiger partial charge in [0.15, 0.2) is 16.6 Å². The van der Waals surface area contributed by atoms with Crippen molar-refractivity contribution in [1.82, 2.24) is 5.32 Å². The minimum atomic E-state index is -1.77. The number of amides is 1. The lowest BCUT2D eigenvalue weighted by atomic mass is 9.84. The smallest absolute Gasteiger partial charge is 0.325 e. The molecule has 0 aliphatic heterocycles. The highest BCUT2D eigenvalue weighted by Crippen LogP contribution is 2.33. The summed E-state index contributed by atoms with van der Waals surface area (Å²) in [7, 11) is -4.49. The lowest BCUT2D eigenvalue weighted by Crippen LogP contribution is -2.45. The summed E-state index contributed by atoms with van der Waals surface area (Å²) in [6.45, 7) is 21.6. The van der Waals surface area contributed by atoms with Crippen LogP contribution in [0.3, 0.4) is 0 Å². The van der Waals surface area contributed by atoms with Crippen LogP contribution in [0.25, 0.3) is 0 Å². The number of rotatable bonds is 12. The summed E-state index contributed by atoms with van der Waals surface area (Å²) in [4.78, 5) is 23.7. The Morgan fingerprint density at radius 1 is 1.00 bits per heavy atom. The number of hydrogen-bond donors (Lipinski definition) is 2. The molecule has 3 unspecified atom stereocenters. The third kappa shape index (κ3) is 11.9. The second-order valence-corrected chi connectivity index (χ2v) is 26.4. The first-order valence-electron chi connectivity index (χ1n) is 12.0. The van der Waals surface area contributed by atoms with Crippen molar-refractivity contribution >= 4 is 36.6 Å². The van der Waals surface area contributed by atoms with Gasteiger partial charge in [0.05, 0.1) is 6.10 Å². The third-order valence-electron chi connectivity index (χ3n) is 6.11. The molecule has 0 spiro atoms. The topological polar surface area (TPSA) is 84.9 Å². The first-order valence-corrected chi connectivity index (χ1v) is 21.9. The van der Waals surface area contributed by atoms with E-state index in [0.29, 0.717) is 24.3 Å². The van der Waals surface area contributed by atoms with Gasteiger partial charge in [0.2, 0.25) is 5.91 Å². The number of aliphatic hydroxyl groups is 1. The van der Waals surface area contributed by atoms with E-state index in [-0.39, 0.29) is 12.5 Å². The van der Waals surface area contributed by atoms with Gasteiger partial charge in [0.1, 0.15) is 12.6 Å². The van der Waals surface area contributed by atoms with Gasteiger partial charge in [-0.05, 0) is 70.4 Å². The molecule has 32 heavy (non-hydrogen) atoms. The van der Waals surface area contributed by atoms with Crippen molar-refractivity contribution in [2.75, 3.05) is 6.54 Å². The van der Waals surface area contributed by atoms with Gasteiger partial charge in [-0.1, -0.05) is 38.7 Å². The van der Waals surface area contributed by atoms with Crippen molar-refractivity contribution in [3.63, 3.8) is 0 Å². The van der Waals surface area contributed by atoms with E-state index in [0.717, 1.165) is 18.9 Å². The fourth-order valence-corrected chi connectivity index (χ4v) is 17.5. The summed E-state index contributed by atoms with van der Waals surface area (Å²) >= 11 is 0. The van der Waals surface area contributed by atoms with E-state index in [1.165, 1.54) is 12.1 Å². The summed E-state index contributed by atoms with van der Waals surface area (Å²) in [5.41, 5.74) is 0.344. The van der Waals surface area contributed by atoms with Crippen LogP contribution in [-0.4, -0.2) is 60.4 Å². The van der Waals surface area contributed by atoms with E-state index in [4.69, 9.17) is 8.85 Å². The van der Waals surface area contributed by atoms with Crippen LogP contribution in [0, 0.1) is 5.92 Å². The SMILES string of the molecule is C=C(C)C(=O)NCC(=O)OC1CC(CC[Si](C)(C)O[Si](C)(C)CC[Si](C)(C)C)CCC1O. The fourth-order valence-electron chi connectivity index (χ4n) is 4.18. The summed E-state index contributed by atoms with van der Waals surface area (Å²) in [5.74, 6) is -0.464. The minimum Gasteiger partial charge on any atom is -0.458 e. The number of carbonyl (C=O) groups is 2. The molecule has 2 N–H and O–H groups in total. The predicted octanol–water partition coefficient (Wildman–Crippen LogP) is 4.91. The second kappa shape index (κ2) is 12.1. The molecule has 9 heteroatoms. The zero-order chi connectivity index (χ0) is 24.7. The molecule has 6 nitrogen and oxygen atoms in total. The van der Waals surface area contributed by atoms with Gasteiger partial charge in [0, 0.05) is 13.6 Å². The van der Waals surface area contributed by atoms with Crippen molar-refractivity contribution < 1.29 is 23.5 Å². The van der Waals surface area contributed by atoms with Crippen molar-refractivity contribution in [3.05, 3.63) is 12.2 Å². The quantitative estimate of drug-likeness (QED) is 0.225. The van der Waals surface area contributed by atoms with Crippen molar-refractivity contribution in [2.45, 2.75) is 109 Å². The minimum absolute atomic E-state index is 0.204. The van der Waals surface area contributed by atoms with Crippen LogP contribution in [0.15, 0.2) is 12.2 Å². The lowest BCUT2D eigenvalue weighted by Gasteiger charge is -2.37. The summed E-state index contributed by atoms with van der Waals surface area (Å²) in [6, 6.07) is 3.66. The van der Waals surface area contributed by atoms with Crippen LogP contribution in [0.4, 0.5) is 0 Å². The number of nitrogens with one attached hydrogen (secondary N) is 1. The van der Waals surface area contributed by atoms with E-state index < -0.39 is 42.9 Å². The van der Waals surface area contributed by atoms with Crippen molar-refractivity contribution in [2.24, 2.45) is 5.92 Å². The van der Waals surface area contributed by atoms with Crippen molar-refractivity contribution in [1.29, 1.82) is 0 Å². The largest absolute Gasteiger partial charge is 0.458 e. The van der Waals surface area contributed by atoms with Gasteiger partial charge in [-0.15, -0.1) is 0 Å². The Morgan fingerprint density at radius 3 is 2.16 bits per heavy atom. The van der Waals surface area contributed by atoms with Gasteiger partial charge in [-0.25, -0.2) is 0 Å². The Kier molecular flexibility index (Phi) is 11.1. The molecule has 1 aliphatic rings. The number of esters is 1. The molecule has 186 valence electrons. The Hall–Kier alpha value is -0.749. The normalized spacial score (nSPS) is 22.3. The monoisotopic (exact) mass is 501 g/mol. The molecule has 3 atom stereocenters. The Bertz CT molecular complexity index is 661. The first-order chi connectivity index (χ1) is 14.5. The Labute approximate surface area is 198 Å². The second-order valence-electron chi connectivity index (χ2n) is 12.0. The summed E-state index contributed by atoms with van der Waals surface area (Å²) < 4.78 is 12.3. The fraction of sp³-hybridized carbons (Fsp3) is 0.826. The van der Waals surface area contributed by atoms with Crippen LogP contribution >= 0.6 is 0 Å². The van der Waals surface area contributed by atoms with E-state index in [1.54, 1.807) is 6.92 Å². The standard InChI is InChI=1S/C23H47NO5Si3/c1-18(2)23(27)24-17-22(26)28-21-16-19(10-11-20(21)25)12-13-31(6,7)29-32(8,9)15-14-30(3,4)5/h19-21,25H,1,10-17H2,2-9H3,(H,24,27). The molecule has 0 bridgehead atoms. The first kappa shape index (κ1) is 29.3. The van der Waals surface area contributed by atoms with Crippen LogP contribution in [0.1, 0.15) is 32.6 Å². The maximum Gasteiger partial charge on any atom is 0.325 e. The summed E-state index contributed by atoms with van der Waals surface area (Å²) in [6.07, 6.45) is 2.16. The highest BCUT2D eigenvalue weighted by Gasteiger charge is 2.36. The molecule has 1 rings (SSSR count). The zero-order valence-electron chi connectivity index (χ0n) is 21.7. The van der Waals surface area contributed by atoms with Crippen molar-refractivity contribution in [3.8, 4) is 0 Å². The van der Waals surface area contributed by atoms with Gasteiger partial charge >= 0.3 is 5.97 Å². The van der Waals surface area contributed by atoms with E-state index in [2.05, 4.69) is 57.7 Å². The predicted molar refractivity (Wildman–Crippen MR) is 139 cm³/mol. The molecule has 1 saturated carbocycles. The third-order valence-corrected chi connectivity index (χ3v) is 15.7. The van der Waals surface area contributed by atoms with Gasteiger partial charge in [-0.2, -0.15) is 0 Å². The lowest BCUT2D eigenvalue weighted by molar-refractivity contribution is -0.158. The van der Waals surface area contributed by atoms with Crippen LogP contribution in [0.5, 0.6) is 0 Å². The molecule has 0 aromatic rings. The molecule has 0 heterocycles. The average Bonchev–Trinajstić information content (AvgIpc) is 2.64. The number of hydrogen-bond acceptors (Lipinski definition) is 5. The molecule has 0 saturated heterocycles. The Balaban J connectivity index is 2.52. The molecule has 1 fully saturated rings. The molecular formula is C23H47NO5Si3. The Morgan fingerprint density at radius 2 is 1.59 bits per heavy atom. The van der Waals surface area contributed by atoms with E-state index >= 15 is 0 Å². The molecular weight excluding hydrogens is 455 g/mol. The van der Waals surface area contributed by atoms with E-state index in [1.807, 2.05) is 0 Å².